The maximum Gasteiger partial charge on any atom is 0.253 e. The molecule has 1 rings (SSSR count). The van der Waals surface area contributed by atoms with Crippen molar-refractivity contribution in [3.05, 3.63) is 23.0 Å². The van der Waals surface area contributed by atoms with Crippen molar-refractivity contribution in [2.45, 2.75) is 12.5 Å². The van der Waals surface area contributed by atoms with Gasteiger partial charge in [-0.05, 0) is 27.1 Å². The summed E-state index contributed by atoms with van der Waals surface area (Å²) < 4.78 is 0. The number of aliphatic hydroxyl groups is 1. The average Bonchev–Trinajstić information content (AvgIpc) is 2.27. The molecule has 0 aromatic carbocycles. The van der Waals surface area contributed by atoms with Crippen molar-refractivity contribution >= 4 is 23.2 Å². The van der Waals surface area contributed by atoms with Crippen LogP contribution in [0.15, 0.2) is 12.3 Å². The Kier molecular flexibility index (Phi) is 5.11. The lowest BCUT2D eigenvalue weighted by molar-refractivity contribution is 0.0326. The summed E-state index contributed by atoms with van der Waals surface area (Å²) in [6.07, 6.45) is 1.33. The van der Waals surface area contributed by atoms with Gasteiger partial charge in [0.25, 0.3) is 5.91 Å². The van der Waals surface area contributed by atoms with Gasteiger partial charge in [-0.1, -0.05) is 11.6 Å². The highest BCUT2D eigenvalue weighted by Crippen LogP contribution is 2.15. The summed E-state index contributed by atoms with van der Waals surface area (Å²) in [5, 5.41) is 12.9. The molecule has 0 radical (unpaired) electrons. The number of amides is 1. The Bertz CT molecular complexity index is 463. The summed E-state index contributed by atoms with van der Waals surface area (Å²) >= 11 is 5.72. The van der Waals surface area contributed by atoms with Crippen LogP contribution in [0.1, 0.15) is 17.3 Å². The van der Waals surface area contributed by atoms with Crippen LogP contribution >= 0.6 is 11.6 Å². The molecule has 0 fully saturated rings. The standard InChI is InChI=1S/C12H19ClN4O2/c1-12(19,7-17(2)3)6-16-11(18)8-4-10(13)15-5-9(8)14/h4-5,19H,6-7,14H2,1-3H3,(H,16,18). The third-order valence-electron chi connectivity index (χ3n) is 2.43. The third kappa shape index (κ3) is 5.02. The zero-order chi connectivity index (χ0) is 14.6. The molecule has 1 aromatic rings. The van der Waals surface area contributed by atoms with Crippen LogP contribution in [0.5, 0.6) is 0 Å². The first kappa shape index (κ1) is 15.7. The number of nitrogens with two attached hydrogens (primary N) is 1. The predicted molar refractivity (Wildman–Crippen MR) is 75.2 cm³/mol. The number of carbonyl (C=O) groups excluding carboxylic acids is 1. The monoisotopic (exact) mass is 286 g/mol. The fourth-order valence-electron chi connectivity index (χ4n) is 1.74. The van der Waals surface area contributed by atoms with E-state index in [2.05, 4.69) is 10.3 Å². The van der Waals surface area contributed by atoms with Crippen molar-refractivity contribution in [2.24, 2.45) is 0 Å². The van der Waals surface area contributed by atoms with Gasteiger partial charge in [-0.3, -0.25) is 4.79 Å². The normalized spacial score (nSPS) is 14.2. The molecule has 1 aromatic heterocycles. The summed E-state index contributed by atoms with van der Waals surface area (Å²) in [7, 11) is 3.69. The molecule has 0 aliphatic heterocycles. The van der Waals surface area contributed by atoms with E-state index in [0.717, 1.165) is 0 Å². The molecule has 7 heteroatoms. The number of pyridine rings is 1. The number of likely N-dealkylation sites (N-methyl/N-ethyl adjacent to an activating group) is 1. The Morgan fingerprint density at radius 3 is 2.84 bits per heavy atom. The fourth-order valence-corrected chi connectivity index (χ4v) is 1.90. The van der Waals surface area contributed by atoms with Gasteiger partial charge in [-0.2, -0.15) is 0 Å². The molecule has 4 N–H and O–H groups in total. The summed E-state index contributed by atoms with van der Waals surface area (Å²) in [6.45, 7) is 2.19. The van der Waals surface area contributed by atoms with Crippen LogP contribution in [0.3, 0.4) is 0 Å². The summed E-state index contributed by atoms with van der Waals surface area (Å²) in [6, 6.07) is 1.40. The van der Waals surface area contributed by atoms with E-state index in [1.165, 1.54) is 12.3 Å². The maximum atomic E-state index is 11.9. The van der Waals surface area contributed by atoms with Gasteiger partial charge in [0.15, 0.2) is 0 Å². The van der Waals surface area contributed by atoms with Crippen LogP contribution in [0.2, 0.25) is 5.15 Å². The minimum absolute atomic E-state index is 0.114. The van der Waals surface area contributed by atoms with Gasteiger partial charge in [0, 0.05) is 13.1 Å². The fraction of sp³-hybridized carbons (Fsp3) is 0.500. The van der Waals surface area contributed by atoms with E-state index in [0.29, 0.717) is 6.54 Å². The predicted octanol–water partition coefficient (Wildman–Crippen LogP) is 0.360. The Morgan fingerprint density at radius 1 is 1.63 bits per heavy atom. The SMILES string of the molecule is CN(C)CC(C)(O)CNC(=O)c1cc(Cl)ncc1N. The van der Waals surface area contributed by atoms with Crippen LogP contribution in [0.25, 0.3) is 0 Å². The molecule has 106 valence electrons. The molecule has 1 unspecified atom stereocenters. The number of nitrogen functional groups attached to an aromatic ring is 1. The minimum Gasteiger partial charge on any atom is -0.397 e. The summed E-state index contributed by atoms with van der Waals surface area (Å²) in [4.78, 5) is 17.6. The second-order valence-electron chi connectivity index (χ2n) is 5.01. The van der Waals surface area contributed by atoms with Crippen LogP contribution in [0.4, 0.5) is 5.69 Å². The molecule has 0 aliphatic carbocycles. The zero-order valence-corrected chi connectivity index (χ0v) is 12.0. The lowest BCUT2D eigenvalue weighted by atomic mass is 10.1. The summed E-state index contributed by atoms with van der Waals surface area (Å²) in [5.41, 5.74) is 5.13. The van der Waals surface area contributed by atoms with Crippen LogP contribution in [0, 0.1) is 0 Å². The molecular formula is C12H19ClN4O2. The van der Waals surface area contributed by atoms with Gasteiger partial charge in [0.05, 0.1) is 23.0 Å². The second kappa shape index (κ2) is 6.18. The molecule has 6 nitrogen and oxygen atoms in total. The molecule has 1 atom stereocenters. The Balaban J connectivity index is 2.68. The van der Waals surface area contributed by atoms with Crippen molar-refractivity contribution in [3.8, 4) is 0 Å². The van der Waals surface area contributed by atoms with E-state index in [1.807, 2.05) is 19.0 Å². The summed E-state index contributed by atoms with van der Waals surface area (Å²) in [5.74, 6) is -0.388. The highest BCUT2D eigenvalue weighted by atomic mass is 35.5. The molecule has 1 amide bonds. The van der Waals surface area contributed by atoms with Gasteiger partial charge in [0.2, 0.25) is 0 Å². The molecule has 0 saturated carbocycles. The van der Waals surface area contributed by atoms with E-state index in [-0.39, 0.29) is 28.9 Å². The highest BCUT2D eigenvalue weighted by Gasteiger charge is 2.23. The minimum atomic E-state index is -1.02. The number of halogens is 1. The number of nitrogens with one attached hydrogen (secondary N) is 1. The number of anilines is 1. The van der Waals surface area contributed by atoms with Crippen molar-refractivity contribution in [3.63, 3.8) is 0 Å². The van der Waals surface area contributed by atoms with Gasteiger partial charge in [-0.25, -0.2) is 4.98 Å². The maximum absolute atomic E-state index is 11.9. The highest BCUT2D eigenvalue weighted by molar-refractivity contribution is 6.29. The van der Waals surface area contributed by atoms with Crippen molar-refractivity contribution in [2.75, 3.05) is 32.9 Å². The number of carbonyl (C=O) groups is 1. The number of hydrogen-bond donors (Lipinski definition) is 3. The molecule has 0 bridgehead atoms. The van der Waals surface area contributed by atoms with E-state index >= 15 is 0 Å². The lowest BCUT2D eigenvalue weighted by Crippen LogP contribution is -2.47. The molecule has 0 spiro atoms. The lowest BCUT2D eigenvalue weighted by Gasteiger charge is -2.27. The third-order valence-corrected chi connectivity index (χ3v) is 2.64. The Hall–Kier alpha value is -1.37. The zero-order valence-electron chi connectivity index (χ0n) is 11.3. The topological polar surface area (TPSA) is 91.5 Å². The van der Waals surface area contributed by atoms with E-state index in [1.54, 1.807) is 6.92 Å². The van der Waals surface area contributed by atoms with Gasteiger partial charge in [0.1, 0.15) is 5.15 Å². The van der Waals surface area contributed by atoms with Crippen molar-refractivity contribution in [1.29, 1.82) is 0 Å². The van der Waals surface area contributed by atoms with Crippen LogP contribution in [-0.4, -0.2) is 53.7 Å². The average molecular weight is 287 g/mol. The number of aromatic nitrogens is 1. The van der Waals surface area contributed by atoms with Crippen LogP contribution < -0.4 is 11.1 Å². The van der Waals surface area contributed by atoms with Gasteiger partial charge in [-0.15, -0.1) is 0 Å². The molecular weight excluding hydrogens is 268 g/mol. The first-order valence-corrected chi connectivity index (χ1v) is 6.15. The number of hydrogen-bond acceptors (Lipinski definition) is 5. The number of nitrogens with zero attached hydrogens (tertiary/aromatic N) is 2. The quantitative estimate of drug-likeness (QED) is 0.680. The van der Waals surface area contributed by atoms with Gasteiger partial charge >= 0.3 is 0 Å². The van der Waals surface area contributed by atoms with Gasteiger partial charge < -0.3 is 21.1 Å². The van der Waals surface area contributed by atoms with Crippen molar-refractivity contribution < 1.29 is 9.90 Å². The number of rotatable bonds is 5. The van der Waals surface area contributed by atoms with E-state index < -0.39 is 5.60 Å². The smallest absolute Gasteiger partial charge is 0.253 e. The first-order valence-electron chi connectivity index (χ1n) is 5.77. The molecule has 0 aliphatic rings. The second-order valence-corrected chi connectivity index (χ2v) is 5.40. The molecule has 19 heavy (non-hydrogen) atoms. The first-order chi connectivity index (χ1) is 8.71. The molecule has 0 saturated heterocycles. The largest absolute Gasteiger partial charge is 0.397 e. The molecule has 1 heterocycles. The van der Waals surface area contributed by atoms with Crippen molar-refractivity contribution in [1.82, 2.24) is 15.2 Å². The van der Waals surface area contributed by atoms with E-state index in [9.17, 15) is 9.90 Å². The Morgan fingerprint density at radius 2 is 2.26 bits per heavy atom. The van der Waals surface area contributed by atoms with E-state index in [4.69, 9.17) is 17.3 Å². The Labute approximate surface area is 117 Å². The van der Waals surface area contributed by atoms with Crippen LogP contribution in [-0.2, 0) is 0 Å².